The maximum absolute atomic E-state index is 12.8. The van der Waals surface area contributed by atoms with E-state index in [0.29, 0.717) is 17.4 Å². The minimum absolute atomic E-state index is 0. The average molecular weight is 456 g/mol. The Hall–Kier alpha value is -1.59. The standard InChI is InChI=1S/C14H19F3N6.HI/c1-13(2,3)20-12(18-4)19-7-11-22-21-10-6-5-9(8-23(10)11)14(15,16)17;/h5-6,8H,7H2,1-4H3,(H2,18,19,20);1H. The topological polar surface area (TPSA) is 66.6 Å². The largest absolute Gasteiger partial charge is 0.417 e. The Labute approximate surface area is 155 Å². The Kier molecular flexibility index (Phi) is 6.42. The number of nitrogens with one attached hydrogen (secondary N) is 2. The molecule has 0 amide bonds. The van der Waals surface area contributed by atoms with Crippen LogP contribution in [-0.4, -0.2) is 33.1 Å². The van der Waals surface area contributed by atoms with Gasteiger partial charge in [0.25, 0.3) is 0 Å². The monoisotopic (exact) mass is 456 g/mol. The Balaban J connectivity index is 0.00000288. The zero-order valence-corrected chi connectivity index (χ0v) is 16.1. The van der Waals surface area contributed by atoms with Crippen LogP contribution < -0.4 is 10.6 Å². The first-order valence-corrected chi connectivity index (χ1v) is 7.00. The highest BCUT2D eigenvalue weighted by atomic mass is 127. The van der Waals surface area contributed by atoms with Crippen molar-refractivity contribution in [2.45, 2.75) is 39.0 Å². The van der Waals surface area contributed by atoms with Crippen LogP contribution in [0.4, 0.5) is 13.2 Å². The summed E-state index contributed by atoms with van der Waals surface area (Å²) in [5, 5.41) is 14.0. The lowest BCUT2D eigenvalue weighted by Crippen LogP contribution is -2.47. The summed E-state index contributed by atoms with van der Waals surface area (Å²) in [5.41, 5.74) is -0.588. The number of fused-ring (bicyclic) bond motifs is 1. The zero-order chi connectivity index (χ0) is 17.3. The summed E-state index contributed by atoms with van der Waals surface area (Å²) >= 11 is 0. The number of rotatable bonds is 2. The number of aliphatic imine (C=N–C) groups is 1. The van der Waals surface area contributed by atoms with E-state index in [4.69, 9.17) is 0 Å². The van der Waals surface area contributed by atoms with Crippen molar-refractivity contribution in [3.63, 3.8) is 0 Å². The molecule has 0 unspecified atom stereocenters. The summed E-state index contributed by atoms with van der Waals surface area (Å²) in [6.07, 6.45) is -3.42. The summed E-state index contributed by atoms with van der Waals surface area (Å²) in [7, 11) is 1.62. The first kappa shape index (κ1) is 20.5. The summed E-state index contributed by atoms with van der Waals surface area (Å²) < 4.78 is 39.7. The van der Waals surface area contributed by atoms with Crippen LogP contribution in [-0.2, 0) is 12.7 Å². The molecule has 0 spiro atoms. The number of guanidine groups is 1. The smallest absolute Gasteiger partial charge is 0.352 e. The van der Waals surface area contributed by atoms with Crippen LogP contribution in [0.25, 0.3) is 5.65 Å². The van der Waals surface area contributed by atoms with Gasteiger partial charge in [-0.05, 0) is 32.9 Å². The number of hydrogen-bond donors (Lipinski definition) is 2. The second kappa shape index (κ2) is 7.53. The van der Waals surface area contributed by atoms with Gasteiger partial charge in [-0.15, -0.1) is 34.2 Å². The van der Waals surface area contributed by atoms with Crippen LogP contribution in [0.1, 0.15) is 32.2 Å². The predicted octanol–water partition coefficient (Wildman–Crippen LogP) is 2.83. The van der Waals surface area contributed by atoms with E-state index in [1.165, 1.54) is 10.5 Å². The molecule has 10 heteroatoms. The molecule has 0 atom stereocenters. The SMILES string of the molecule is CN=C(NCc1nnc2ccc(C(F)(F)F)cn12)NC(C)(C)C.I. The van der Waals surface area contributed by atoms with Gasteiger partial charge in [0, 0.05) is 18.8 Å². The third-order valence-electron chi connectivity index (χ3n) is 2.93. The number of halogens is 4. The van der Waals surface area contributed by atoms with E-state index < -0.39 is 11.7 Å². The van der Waals surface area contributed by atoms with Crippen molar-refractivity contribution in [1.29, 1.82) is 0 Å². The van der Waals surface area contributed by atoms with Crippen molar-refractivity contribution in [3.8, 4) is 0 Å². The van der Waals surface area contributed by atoms with Crippen molar-refractivity contribution >= 4 is 35.6 Å². The molecular formula is C14H20F3IN6. The Morgan fingerprint density at radius 1 is 1.21 bits per heavy atom. The molecular weight excluding hydrogens is 436 g/mol. The maximum atomic E-state index is 12.8. The fourth-order valence-electron chi connectivity index (χ4n) is 1.92. The number of hydrogen-bond acceptors (Lipinski definition) is 3. The maximum Gasteiger partial charge on any atom is 0.417 e. The normalized spacial score (nSPS) is 12.9. The Bertz CT molecular complexity index is 717. The van der Waals surface area contributed by atoms with Crippen LogP contribution in [0, 0.1) is 0 Å². The van der Waals surface area contributed by atoms with Gasteiger partial charge in [0.15, 0.2) is 17.4 Å². The molecule has 0 saturated carbocycles. The van der Waals surface area contributed by atoms with Crippen molar-refractivity contribution in [2.75, 3.05) is 7.05 Å². The van der Waals surface area contributed by atoms with Crippen molar-refractivity contribution < 1.29 is 13.2 Å². The van der Waals surface area contributed by atoms with E-state index in [9.17, 15) is 13.2 Å². The minimum atomic E-state index is -4.41. The van der Waals surface area contributed by atoms with E-state index >= 15 is 0 Å². The fraction of sp³-hybridized carbons (Fsp3) is 0.500. The molecule has 2 aromatic heterocycles. The molecule has 0 aliphatic carbocycles. The third-order valence-corrected chi connectivity index (χ3v) is 2.93. The second-order valence-electron chi connectivity index (χ2n) is 6.06. The molecule has 0 bridgehead atoms. The third kappa shape index (κ3) is 5.21. The van der Waals surface area contributed by atoms with Gasteiger partial charge >= 0.3 is 6.18 Å². The van der Waals surface area contributed by atoms with Gasteiger partial charge in [-0.25, -0.2) is 0 Å². The molecule has 0 aliphatic heterocycles. The van der Waals surface area contributed by atoms with E-state index in [-0.39, 0.29) is 36.1 Å². The highest BCUT2D eigenvalue weighted by Gasteiger charge is 2.31. The molecule has 2 rings (SSSR count). The summed E-state index contributed by atoms with van der Waals surface area (Å²) in [4.78, 5) is 4.07. The van der Waals surface area contributed by atoms with Crippen LogP contribution in [0.2, 0.25) is 0 Å². The summed E-state index contributed by atoms with van der Waals surface area (Å²) in [5.74, 6) is 0.893. The van der Waals surface area contributed by atoms with E-state index in [1.54, 1.807) is 7.05 Å². The van der Waals surface area contributed by atoms with E-state index in [1.807, 2.05) is 20.8 Å². The Morgan fingerprint density at radius 3 is 2.42 bits per heavy atom. The summed E-state index contributed by atoms with van der Waals surface area (Å²) in [6, 6.07) is 2.28. The van der Waals surface area contributed by atoms with Gasteiger partial charge in [-0.3, -0.25) is 9.39 Å². The van der Waals surface area contributed by atoms with Gasteiger partial charge in [-0.2, -0.15) is 13.2 Å². The number of aromatic nitrogens is 3. The minimum Gasteiger partial charge on any atom is -0.352 e. The number of alkyl halides is 3. The van der Waals surface area contributed by atoms with Gasteiger partial charge in [0.1, 0.15) is 0 Å². The van der Waals surface area contributed by atoms with Crippen LogP contribution in [0.5, 0.6) is 0 Å². The van der Waals surface area contributed by atoms with Crippen LogP contribution >= 0.6 is 24.0 Å². The first-order chi connectivity index (χ1) is 10.6. The zero-order valence-electron chi connectivity index (χ0n) is 13.8. The lowest BCUT2D eigenvalue weighted by atomic mass is 10.1. The molecule has 0 saturated heterocycles. The van der Waals surface area contributed by atoms with E-state index in [0.717, 1.165) is 12.3 Å². The van der Waals surface area contributed by atoms with Gasteiger partial charge in [0.05, 0.1) is 12.1 Å². The molecule has 2 aromatic rings. The quantitative estimate of drug-likeness (QED) is 0.415. The molecule has 2 N–H and O–H groups in total. The van der Waals surface area contributed by atoms with Crippen LogP contribution in [0.3, 0.4) is 0 Å². The number of pyridine rings is 1. The number of nitrogens with zero attached hydrogens (tertiary/aromatic N) is 4. The summed E-state index contributed by atoms with van der Waals surface area (Å²) in [6.45, 7) is 6.12. The molecule has 2 heterocycles. The van der Waals surface area contributed by atoms with Crippen molar-refractivity contribution in [1.82, 2.24) is 25.2 Å². The second-order valence-corrected chi connectivity index (χ2v) is 6.06. The lowest BCUT2D eigenvalue weighted by Gasteiger charge is -2.23. The van der Waals surface area contributed by atoms with Crippen LogP contribution in [0.15, 0.2) is 23.3 Å². The molecule has 0 fully saturated rings. The van der Waals surface area contributed by atoms with Gasteiger partial charge in [-0.1, -0.05) is 0 Å². The van der Waals surface area contributed by atoms with Crippen molar-refractivity contribution in [3.05, 3.63) is 29.7 Å². The molecule has 0 aromatic carbocycles. The highest BCUT2D eigenvalue weighted by molar-refractivity contribution is 14.0. The molecule has 134 valence electrons. The van der Waals surface area contributed by atoms with Gasteiger partial charge in [0.2, 0.25) is 0 Å². The fourth-order valence-corrected chi connectivity index (χ4v) is 1.92. The van der Waals surface area contributed by atoms with Crippen molar-refractivity contribution in [2.24, 2.45) is 4.99 Å². The molecule has 24 heavy (non-hydrogen) atoms. The average Bonchev–Trinajstić information content (AvgIpc) is 2.83. The molecule has 0 radical (unpaired) electrons. The van der Waals surface area contributed by atoms with E-state index in [2.05, 4.69) is 25.8 Å². The first-order valence-electron chi connectivity index (χ1n) is 7.00. The molecule has 0 aliphatic rings. The predicted molar refractivity (Wildman–Crippen MR) is 96.5 cm³/mol. The Morgan fingerprint density at radius 2 is 1.88 bits per heavy atom. The molecule has 6 nitrogen and oxygen atoms in total. The highest BCUT2D eigenvalue weighted by Crippen LogP contribution is 2.29. The lowest BCUT2D eigenvalue weighted by molar-refractivity contribution is -0.137. The van der Waals surface area contributed by atoms with Gasteiger partial charge < -0.3 is 10.6 Å².